The van der Waals surface area contributed by atoms with Gasteiger partial charge < -0.3 is 5.73 Å². The van der Waals surface area contributed by atoms with Crippen molar-refractivity contribution < 1.29 is 4.92 Å². The molecule has 2 aromatic carbocycles. The molecule has 2 N–H and O–H groups in total. The Balaban J connectivity index is 2.21. The minimum Gasteiger partial charge on any atom is -0.379 e. The van der Waals surface area contributed by atoms with Gasteiger partial charge in [-0.15, -0.1) is 0 Å². The Morgan fingerprint density at radius 2 is 1.91 bits per heavy atom. The van der Waals surface area contributed by atoms with Gasteiger partial charge in [0.2, 0.25) is 0 Å². The lowest BCUT2D eigenvalue weighted by Gasteiger charge is -2.10. The van der Waals surface area contributed by atoms with Gasteiger partial charge in [0.15, 0.2) is 5.82 Å². The van der Waals surface area contributed by atoms with Crippen molar-refractivity contribution in [3.8, 4) is 0 Å². The maximum Gasteiger partial charge on any atom is 0.293 e. The average Bonchev–Trinajstić information content (AvgIpc) is 2.52. The van der Waals surface area contributed by atoms with Crippen molar-refractivity contribution in [1.82, 2.24) is 9.55 Å². The van der Waals surface area contributed by atoms with Crippen molar-refractivity contribution in [1.29, 1.82) is 0 Å². The second-order valence-corrected chi connectivity index (χ2v) is 4.80. The molecule has 0 aliphatic heterocycles. The first kappa shape index (κ1) is 13.7. The van der Waals surface area contributed by atoms with Gasteiger partial charge in [0.1, 0.15) is 0 Å². The maximum absolute atomic E-state index is 12.2. The van der Waals surface area contributed by atoms with Crippen molar-refractivity contribution >= 4 is 22.5 Å². The molecule has 0 fully saturated rings. The Morgan fingerprint density at radius 1 is 1.18 bits per heavy atom. The molecule has 0 saturated heterocycles. The minimum atomic E-state index is -0.510. The molecular weight excluding hydrogens is 284 g/mol. The van der Waals surface area contributed by atoms with E-state index in [9.17, 15) is 14.9 Å². The van der Waals surface area contributed by atoms with Crippen molar-refractivity contribution in [2.45, 2.75) is 6.54 Å². The monoisotopic (exact) mass is 296 g/mol. The van der Waals surface area contributed by atoms with Gasteiger partial charge in [-0.25, -0.2) is 4.98 Å². The molecule has 110 valence electrons. The van der Waals surface area contributed by atoms with Gasteiger partial charge in [-0.2, -0.15) is 0 Å². The first-order valence-electron chi connectivity index (χ1n) is 6.54. The van der Waals surface area contributed by atoms with E-state index in [-0.39, 0.29) is 11.5 Å². The fourth-order valence-corrected chi connectivity index (χ4v) is 2.29. The fourth-order valence-electron chi connectivity index (χ4n) is 2.29. The number of hydrogen-bond acceptors (Lipinski definition) is 5. The molecule has 0 atom stereocenters. The summed E-state index contributed by atoms with van der Waals surface area (Å²) in [5, 5.41) is 10.9. The maximum atomic E-state index is 12.2. The number of nitrogen functional groups attached to an aromatic ring is 1. The molecular formula is C15H12N4O3. The van der Waals surface area contributed by atoms with E-state index in [1.165, 1.54) is 22.8 Å². The summed E-state index contributed by atoms with van der Waals surface area (Å²) in [5.74, 6) is -0.177. The van der Waals surface area contributed by atoms with Gasteiger partial charge in [0, 0.05) is 12.1 Å². The number of rotatable bonds is 3. The number of nitrogens with two attached hydrogens (primary N) is 1. The summed E-state index contributed by atoms with van der Waals surface area (Å²) < 4.78 is 1.47. The zero-order valence-electron chi connectivity index (χ0n) is 11.5. The highest BCUT2D eigenvalue weighted by atomic mass is 16.6. The van der Waals surface area contributed by atoms with Crippen LogP contribution in [0.5, 0.6) is 0 Å². The number of non-ortho nitro benzene ring substituents is 1. The number of anilines is 1. The van der Waals surface area contributed by atoms with Gasteiger partial charge in [-0.1, -0.05) is 30.3 Å². The summed E-state index contributed by atoms with van der Waals surface area (Å²) in [6, 6.07) is 13.6. The number of fused-ring (bicyclic) bond motifs is 1. The van der Waals surface area contributed by atoms with Gasteiger partial charge in [0.25, 0.3) is 11.2 Å². The van der Waals surface area contributed by atoms with Crippen LogP contribution in [-0.2, 0) is 6.54 Å². The van der Waals surface area contributed by atoms with Crippen LogP contribution in [0.25, 0.3) is 11.0 Å². The van der Waals surface area contributed by atoms with Gasteiger partial charge >= 0.3 is 0 Å². The molecule has 0 amide bonds. The topological polar surface area (TPSA) is 104 Å². The lowest BCUT2D eigenvalue weighted by Crippen LogP contribution is -2.25. The third-order valence-electron chi connectivity index (χ3n) is 3.35. The molecule has 0 bridgehead atoms. The number of aromatic nitrogens is 2. The predicted octanol–water partition coefficient (Wildman–Crippen LogP) is 1.94. The Hall–Kier alpha value is -3.22. The van der Waals surface area contributed by atoms with E-state index in [0.29, 0.717) is 17.6 Å². The number of nitrogens with zero attached hydrogens (tertiary/aromatic N) is 3. The third kappa shape index (κ3) is 2.39. The zero-order valence-corrected chi connectivity index (χ0v) is 11.5. The molecule has 7 heteroatoms. The molecule has 0 aliphatic carbocycles. The van der Waals surface area contributed by atoms with Crippen LogP contribution in [0.2, 0.25) is 0 Å². The molecule has 0 saturated carbocycles. The van der Waals surface area contributed by atoms with Crippen molar-refractivity contribution in [2.24, 2.45) is 0 Å². The van der Waals surface area contributed by atoms with Crippen LogP contribution in [0.1, 0.15) is 5.56 Å². The van der Waals surface area contributed by atoms with E-state index in [0.717, 1.165) is 5.56 Å². The summed E-state index contributed by atoms with van der Waals surface area (Å²) >= 11 is 0. The molecule has 1 heterocycles. The van der Waals surface area contributed by atoms with E-state index in [1.807, 2.05) is 30.3 Å². The van der Waals surface area contributed by atoms with Gasteiger partial charge in [-0.05, 0) is 11.6 Å². The summed E-state index contributed by atoms with van der Waals surface area (Å²) in [5.41, 5.74) is 6.90. The van der Waals surface area contributed by atoms with E-state index >= 15 is 0 Å². The molecule has 22 heavy (non-hydrogen) atoms. The molecule has 1 aromatic heterocycles. The lowest BCUT2D eigenvalue weighted by molar-refractivity contribution is -0.384. The highest BCUT2D eigenvalue weighted by Gasteiger charge is 2.13. The van der Waals surface area contributed by atoms with Crippen molar-refractivity contribution in [3.05, 3.63) is 74.6 Å². The Bertz CT molecular complexity index is 919. The van der Waals surface area contributed by atoms with Crippen LogP contribution in [0.3, 0.4) is 0 Å². The van der Waals surface area contributed by atoms with Crippen LogP contribution in [0.15, 0.2) is 53.3 Å². The molecule has 0 spiro atoms. The second-order valence-electron chi connectivity index (χ2n) is 4.80. The van der Waals surface area contributed by atoms with Crippen LogP contribution in [-0.4, -0.2) is 14.5 Å². The molecule has 3 aromatic rings. The number of benzene rings is 2. The molecule has 0 unspecified atom stereocenters. The summed E-state index contributed by atoms with van der Waals surface area (Å²) in [6.45, 7) is 0.320. The summed E-state index contributed by atoms with van der Waals surface area (Å²) in [7, 11) is 0. The third-order valence-corrected chi connectivity index (χ3v) is 3.35. The molecule has 0 radical (unpaired) electrons. The predicted molar refractivity (Wildman–Crippen MR) is 82.6 cm³/mol. The molecule has 7 nitrogen and oxygen atoms in total. The van der Waals surface area contributed by atoms with E-state index < -0.39 is 10.5 Å². The van der Waals surface area contributed by atoms with Crippen LogP contribution in [0.4, 0.5) is 11.5 Å². The smallest absolute Gasteiger partial charge is 0.293 e. The van der Waals surface area contributed by atoms with Crippen LogP contribution >= 0.6 is 0 Å². The first-order chi connectivity index (χ1) is 10.6. The molecule has 0 aliphatic rings. The van der Waals surface area contributed by atoms with E-state index in [2.05, 4.69) is 4.98 Å². The summed E-state index contributed by atoms with van der Waals surface area (Å²) in [4.78, 5) is 26.5. The second kappa shape index (κ2) is 5.28. The SMILES string of the molecule is Nc1nc2cc([N+](=O)[O-])ccc2n(Cc2ccccc2)c1=O. The fraction of sp³-hybridized carbons (Fsp3) is 0.0667. The van der Waals surface area contributed by atoms with Gasteiger partial charge in [-0.3, -0.25) is 19.5 Å². The van der Waals surface area contributed by atoms with E-state index in [4.69, 9.17) is 5.73 Å². The number of nitro benzene ring substituents is 1. The first-order valence-corrected chi connectivity index (χ1v) is 6.54. The minimum absolute atomic E-state index is 0.0932. The lowest BCUT2D eigenvalue weighted by atomic mass is 10.2. The summed E-state index contributed by atoms with van der Waals surface area (Å²) in [6.07, 6.45) is 0. The van der Waals surface area contributed by atoms with Gasteiger partial charge in [0.05, 0.1) is 22.5 Å². The Labute approximate surface area is 124 Å². The average molecular weight is 296 g/mol. The zero-order chi connectivity index (χ0) is 15.7. The quantitative estimate of drug-likeness (QED) is 0.587. The number of hydrogen-bond donors (Lipinski definition) is 1. The highest BCUT2D eigenvalue weighted by molar-refractivity contribution is 5.78. The van der Waals surface area contributed by atoms with E-state index in [1.54, 1.807) is 0 Å². The van der Waals surface area contributed by atoms with Crippen molar-refractivity contribution in [2.75, 3.05) is 5.73 Å². The van der Waals surface area contributed by atoms with Crippen molar-refractivity contribution in [3.63, 3.8) is 0 Å². The highest BCUT2D eigenvalue weighted by Crippen LogP contribution is 2.19. The van der Waals surface area contributed by atoms with Crippen LogP contribution < -0.4 is 11.3 Å². The normalized spacial score (nSPS) is 10.7. The number of nitro groups is 1. The van der Waals surface area contributed by atoms with Crippen LogP contribution in [0, 0.1) is 10.1 Å². The molecule has 3 rings (SSSR count). The largest absolute Gasteiger partial charge is 0.379 e. The standard InChI is InChI=1S/C15H12N4O3/c16-14-15(20)18(9-10-4-2-1-3-5-10)13-7-6-11(19(21)22)8-12(13)17-14/h1-8H,9H2,(H2,16,17). The Morgan fingerprint density at radius 3 is 2.59 bits per heavy atom. The Kier molecular flexibility index (Phi) is 3.30.